The number of allylic oxidation sites excluding steroid dienone is 4. The Hall–Kier alpha value is -2.12. The molecule has 1 aromatic heterocycles. The van der Waals surface area contributed by atoms with E-state index in [0.717, 1.165) is 35.2 Å². The standard InChI is InChI=1S/C19H21FN4OS/c1-26-19(8-9-21-11-19)18(25)22-14-6-7-16-15(10-14)17(24-23-16)12-2-4-13(20)5-3-12/h2,4-7,10,12,21H,3,8-9,11H2,1H3,(H,22,25)(H,23,24)/t12?,19-/m0/s1. The number of rotatable bonds is 4. The molecule has 2 aliphatic rings. The molecule has 2 heterocycles. The van der Waals surface area contributed by atoms with Gasteiger partial charge in [0.25, 0.3) is 0 Å². The van der Waals surface area contributed by atoms with Crippen LogP contribution in [0.4, 0.5) is 10.1 Å². The van der Waals surface area contributed by atoms with Crippen LogP contribution in [-0.4, -0.2) is 40.2 Å². The van der Waals surface area contributed by atoms with Gasteiger partial charge in [0.05, 0.1) is 11.2 Å². The first kappa shape index (κ1) is 17.3. The van der Waals surface area contributed by atoms with Crippen LogP contribution < -0.4 is 10.6 Å². The number of hydrogen-bond donors (Lipinski definition) is 3. The van der Waals surface area contributed by atoms with Crippen molar-refractivity contribution in [1.29, 1.82) is 0 Å². The molecule has 0 saturated carbocycles. The zero-order chi connectivity index (χ0) is 18.1. The minimum Gasteiger partial charge on any atom is -0.325 e. The number of hydrogen-bond acceptors (Lipinski definition) is 4. The average Bonchev–Trinajstić information content (AvgIpc) is 3.30. The third-order valence-electron chi connectivity index (χ3n) is 5.19. The second kappa shape index (κ2) is 6.89. The van der Waals surface area contributed by atoms with Gasteiger partial charge in [0.2, 0.25) is 5.91 Å². The zero-order valence-electron chi connectivity index (χ0n) is 14.5. The second-order valence-electron chi connectivity index (χ2n) is 6.74. The highest BCUT2D eigenvalue weighted by Gasteiger charge is 2.40. The molecule has 136 valence electrons. The molecule has 1 amide bonds. The van der Waals surface area contributed by atoms with Crippen molar-refractivity contribution in [1.82, 2.24) is 15.5 Å². The lowest BCUT2D eigenvalue weighted by molar-refractivity contribution is -0.118. The quantitative estimate of drug-likeness (QED) is 0.768. The fourth-order valence-corrected chi connectivity index (χ4v) is 4.36. The van der Waals surface area contributed by atoms with Gasteiger partial charge in [-0.3, -0.25) is 9.89 Å². The fourth-order valence-electron chi connectivity index (χ4n) is 3.57. The Kier molecular flexibility index (Phi) is 4.58. The summed E-state index contributed by atoms with van der Waals surface area (Å²) in [6.07, 6.45) is 8.31. The van der Waals surface area contributed by atoms with Crippen LogP contribution in [0.25, 0.3) is 10.9 Å². The summed E-state index contributed by atoms with van der Waals surface area (Å²) in [5.41, 5.74) is 2.54. The maximum atomic E-state index is 13.2. The number of nitrogens with zero attached hydrogens (tertiary/aromatic N) is 1. The first-order valence-corrected chi connectivity index (χ1v) is 9.93. The largest absolute Gasteiger partial charge is 0.325 e. The molecular weight excluding hydrogens is 351 g/mol. The topological polar surface area (TPSA) is 69.8 Å². The monoisotopic (exact) mass is 372 g/mol. The maximum Gasteiger partial charge on any atom is 0.241 e. The summed E-state index contributed by atoms with van der Waals surface area (Å²) in [5.74, 6) is -0.116. The minimum absolute atomic E-state index is 0.0296. The van der Waals surface area contributed by atoms with Crippen LogP contribution in [0.3, 0.4) is 0 Å². The van der Waals surface area contributed by atoms with Gasteiger partial charge in [-0.25, -0.2) is 4.39 Å². The number of carbonyl (C=O) groups is 1. The van der Waals surface area contributed by atoms with Gasteiger partial charge in [0.1, 0.15) is 10.6 Å². The van der Waals surface area contributed by atoms with E-state index in [1.165, 1.54) is 6.08 Å². The molecule has 26 heavy (non-hydrogen) atoms. The molecule has 4 rings (SSSR count). The number of thioether (sulfide) groups is 1. The summed E-state index contributed by atoms with van der Waals surface area (Å²) >= 11 is 1.59. The SMILES string of the molecule is CS[C@@]1(C(=O)Nc2ccc3n[nH]c(C4C=CC(F)=CC4)c3c2)CCNC1. The number of amides is 1. The molecule has 5 nitrogen and oxygen atoms in total. The lowest BCUT2D eigenvalue weighted by Crippen LogP contribution is -2.41. The van der Waals surface area contributed by atoms with E-state index in [2.05, 4.69) is 20.8 Å². The molecule has 1 aliphatic carbocycles. The predicted octanol–water partition coefficient (Wildman–Crippen LogP) is 3.49. The van der Waals surface area contributed by atoms with Crippen molar-refractivity contribution in [3.8, 4) is 0 Å². The van der Waals surface area contributed by atoms with E-state index in [0.29, 0.717) is 13.0 Å². The van der Waals surface area contributed by atoms with Crippen molar-refractivity contribution in [2.24, 2.45) is 0 Å². The van der Waals surface area contributed by atoms with Gasteiger partial charge in [-0.05, 0) is 56.0 Å². The number of anilines is 1. The summed E-state index contributed by atoms with van der Waals surface area (Å²) < 4.78 is 12.8. The van der Waals surface area contributed by atoms with E-state index in [-0.39, 0.29) is 17.7 Å². The zero-order valence-corrected chi connectivity index (χ0v) is 15.3. The predicted molar refractivity (Wildman–Crippen MR) is 104 cm³/mol. The molecule has 1 fully saturated rings. The van der Waals surface area contributed by atoms with Crippen LogP contribution in [0.5, 0.6) is 0 Å². The third-order valence-corrected chi connectivity index (χ3v) is 6.50. The summed E-state index contributed by atoms with van der Waals surface area (Å²) in [7, 11) is 0. The first-order valence-electron chi connectivity index (χ1n) is 8.70. The van der Waals surface area contributed by atoms with Crippen LogP contribution in [-0.2, 0) is 4.79 Å². The van der Waals surface area contributed by atoms with E-state index < -0.39 is 4.75 Å². The number of H-pyrrole nitrogens is 1. The smallest absolute Gasteiger partial charge is 0.241 e. The number of aromatic nitrogens is 2. The van der Waals surface area contributed by atoms with E-state index in [9.17, 15) is 9.18 Å². The maximum absolute atomic E-state index is 13.2. The van der Waals surface area contributed by atoms with Crippen LogP contribution in [0.15, 0.2) is 42.3 Å². The van der Waals surface area contributed by atoms with Crippen LogP contribution in [0.2, 0.25) is 0 Å². The normalized spacial score (nSPS) is 25.5. The van der Waals surface area contributed by atoms with Gasteiger partial charge in [-0.1, -0.05) is 6.08 Å². The Bertz CT molecular complexity index is 898. The molecule has 1 saturated heterocycles. The number of carbonyl (C=O) groups excluding carboxylic acids is 1. The molecule has 0 spiro atoms. The van der Waals surface area contributed by atoms with E-state index >= 15 is 0 Å². The summed E-state index contributed by atoms with van der Waals surface area (Å²) in [6, 6.07) is 5.72. The fraction of sp³-hybridized carbons (Fsp3) is 0.368. The highest BCUT2D eigenvalue weighted by atomic mass is 32.2. The Balaban J connectivity index is 1.60. The van der Waals surface area contributed by atoms with Crippen LogP contribution >= 0.6 is 11.8 Å². The number of fused-ring (bicyclic) bond motifs is 1. The van der Waals surface area contributed by atoms with Crippen molar-refractivity contribution in [2.45, 2.75) is 23.5 Å². The Morgan fingerprint density at radius 3 is 3.04 bits per heavy atom. The minimum atomic E-state index is -0.414. The molecule has 1 unspecified atom stereocenters. The molecule has 0 bridgehead atoms. The third kappa shape index (κ3) is 3.05. The highest BCUT2D eigenvalue weighted by molar-refractivity contribution is 8.00. The number of halogens is 1. The number of nitrogens with one attached hydrogen (secondary N) is 3. The van der Waals surface area contributed by atoms with Gasteiger partial charge in [0, 0.05) is 23.5 Å². The van der Waals surface area contributed by atoms with Crippen molar-refractivity contribution in [3.63, 3.8) is 0 Å². The molecule has 1 aliphatic heterocycles. The molecule has 2 aromatic rings. The molecule has 7 heteroatoms. The summed E-state index contributed by atoms with van der Waals surface area (Å²) in [5, 5.41) is 14.7. The van der Waals surface area contributed by atoms with Crippen LogP contribution in [0.1, 0.15) is 24.5 Å². The Morgan fingerprint density at radius 2 is 2.35 bits per heavy atom. The Morgan fingerprint density at radius 1 is 1.46 bits per heavy atom. The molecule has 2 atom stereocenters. The molecule has 1 aromatic carbocycles. The van der Waals surface area contributed by atoms with E-state index in [4.69, 9.17) is 0 Å². The first-order chi connectivity index (χ1) is 12.6. The lowest BCUT2D eigenvalue weighted by Gasteiger charge is -2.24. The van der Waals surface area contributed by atoms with Crippen molar-refractivity contribution < 1.29 is 9.18 Å². The number of aromatic amines is 1. The number of benzene rings is 1. The van der Waals surface area contributed by atoms with Gasteiger partial charge >= 0.3 is 0 Å². The second-order valence-corrected chi connectivity index (χ2v) is 7.93. The molecule has 3 N–H and O–H groups in total. The van der Waals surface area contributed by atoms with Gasteiger partial charge in [-0.15, -0.1) is 11.8 Å². The summed E-state index contributed by atoms with van der Waals surface area (Å²) in [4.78, 5) is 12.8. The molecule has 0 radical (unpaired) electrons. The van der Waals surface area contributed by atoms with Gasteiger partial charge in [-0.2, -0.15) is 5.10 Å². The lowest BCUT2D eigenvalue weighted by atomic mass is 9.94. The van der Waals surface area contributed by atoms with Gasteiger partial charge in [0.15, 0.2) is 0 Å². The van der Waals surface area contributed by atoms with Crippen molar-refractivity contribution in [2.75, 3.05) is 24.7 Å². The highest BCUT2D eigenvalue weighted by Crippen LogP contribution is 2.34. The average molecular weight is 372 g/mol. The van der Waals surface area contributed by atoms with Crippen LogP contribution in [0, 0.1) is 0 Å². The summed E-state index contributed by atoms with van der Waals surface area (Å²) in [6.45, 7) is 1.54. The Labute approximate surface area is 155 Å². The van der Waals surface area contributed by atoms with Crippen molar-refractivity contribution in [3.05, 3.63) is 47.9 Å². The van der Waals surface area contributed by atoms with Crippen molar-refractivity contribution >= 4 is 34.3 Å². The molecular formula is C19H21FN4OS. The van der Waals surface area contributed by atoms with E-state index in [1.54, 1.807) is 17.8 Å². The van der Waals surface area contributed by atoms with E-state index in [1.807, 2.05) is 30.5 Å². The van der Waals surface area contributed by atoms with Gasteiger partial charge < -0.3 is 10.6 Å².